The molecule has 0 radical (unpaired) electrons. The van der Waals surface area contributed by atoms with Crippen LogP contribution in [0, 0.1) is 25.2 Å². The maximum atomic E-state index is 13.6. The number of piperidine rings is 1. The van der Waals surface area contributed by atoms with Crippen molar-refractivity contribution in [2.45, 2.75) is 37.6 Å². The Morgan fingerprint density at radius 3 is 2.15 bits per heavy atom. The number of benzene rings is 3. The van der Waals surface area contributed by atoms with Crippen molar-refractivity contribution < 1.29 is 13.2 Å². The smallest absolute Gasteiger partial charge is 0.254 e. The van der Waals surface area contributed by atoms with E-state index in [9.17, 15) is 18.5 Å². The van der Waals surface area contributed by atoms with Crippen molar-refractivity contribution in [1.29, 1.82) is 5.26 Å². The van der Waals surface area contributed by atoms with E-state index in [0.29, 0.717) is 43.0 Å². The standard InChI is InChI=1S/C31H36N6O3S/c1-22-11-12-26(31(38)37-19-17-36(18-20-37)28-9-5-6-10-29(28)41(33,39)40)23(2)30(22)34-25-13-15-35(16-14-25)27-8-4-3-7-24(27)21-32/h3-12,25,34H,13-20H2,1-2H3,(H2,33,39,40). The van der Waals surface area contributed by atoms with E-state index in [4.69, 9.17) is 5.14 Å². The van der Waals surface area contributed by atoms with Gasteiger partial charge in [-0.25, -0.2) is 13.6 Å². The molecule has 0 aliphatic carbocycles. The average molecular weight is 573 g/mol. The number of carbonyl (C=O) groups is 1. The Labute approximate surface area is 242 Å². The molecule has 1 amide bonds. The van der Waals surface area contributed by atoms with E-state index in [2.05, 4.69) is 23.2 Å². The number of nitrogens with one attached hydrogen (secondary N) is 1. The molecule has 9 nitrogen and oxygen atoms in total. The molecule has 3 aromatic carbocycles. The Morgan fingerprint density at radius 2 is 1.49 bits per heavy atom. The van der Waals surface area contributed by atoms with Gasteiger partial charge in [0, 0.05) is 56.6 Å². The molecule has 0 bridgehead atoms. The molecular weight excluding hydrogens is 536 g/mol. The molecule has 214 valence electrons. The molecule has 2 aliphatic rings. The molecule has 41 heavy (non-hydrogen) atoms. The number of rotatable bonds is 6. The van der Waals surface area contributed by atoms with E-state index >= 15 is 0 Å². The van der Waals surface area contributed by atoms with Gasteiger partial charge in [-0.05, 0) is 68.1 Å². The first-order chi connectivity index (χ1) is 19.7. The second kappa shape index (κ2) is 11.8. The number of nitrogens with zero attached hydrogens (tertiary/aromatic N) is 4. The van der Waals surface area contributed by atoms with E-state index in [-0.39, 0.29) is 16.8 Å². The highest BCUT2D eigenvalue weighted by Crippen LogP contribution is 2.30. The summed E-state index contributed by atoms with van der Waals surface area (Å²) in [4.78, 5) is 19.8. The van der Waals surface area contributed by atoms with Crippen LogP contribution >= 0.6 is 0 Å². The van der Waals surface area contributed by atoms with Gasteiger partial charge >= 0.3 is 0 Å². The lowest BCUT2D eigenvalue weighted by Gasteiger charge is -2.37. The molecule has 5 rings (SSSR count). The minimum atomic E-state index is -3.85. The van der Waals surface area contributed by atoms with Gasteiger partial charge in [-0.1, -0.05) is 30.3 Å². The number of anilines is 3. The van der Waals surface area contributed by atoms with Gasteiger partial charge < -0.3 is 20.0 Å². The number of primary sulfonamides is 1. The number of hydrogen-bond donors (Lipinski definition) is 2. The Kier molecular flexibility index (Phi) is 8.20. The van der Waals surface area contributed by atoms with E-state index in [1.165, 1.54) is 6.07 Å². The number of sulfonamides is 1. The largest absolute Gasteiger partial charge is 0.382 e. The second-order valence-corrected chi connectivity index (χ2v) is 12.3. The molecule has 2 fully saturated rings. The Hall–Kier alpha value is -4.07. The quantitative estimate of drug-likeness (QED) is 0.460. The topological polar surface area (TPSA) is 123 Å². The van der Waals surface area contributed by atoms with Gasteiger partial charge in [0.25, 0.3) is 5.91 Å². The monoisotopic (exact) mass is 572 g/mol. The zero-order valence-electron chi connectivity index (χ0n) is 23.5. The summed E-state index contributed by atoms with van der Waals surface area (Å²) in [7, 11) is -3.85. The van der Waals surface area contributed by atoms with Crippen LogP contribution in [0.2, 0.25) is 0 Å². The van der Waals surface area contributed by atoms with Crippen LogP contribution in [0.5, 0.6) is 0 Å². The average Bonchev–Trinajstić information content (AvgIpc) is 2.99. The van der Waals surface area contributed by atoms with Crippen molar-refractivity contribution in [2.75, 3.05) is 54.4 Å². The van der Waals surface area contributed by atoms with Crippen LogP contribution in [0.15, 0.2) is 65.6 Å². The molecule has 0 atom stereocenters. The molecule has 10 heteroatoms. The Morgan fingerprint density at radius 1 is 0.878 bits per heavy atom. The van der Waals surface area contributed by atoms with Gasteiger partial charge in [0.2, 0.25) is 10.0 Å². The van der Waals surface area contributed by atoms with Crippen molar-refractivity contribution in [3.8, 4) is 6.07 Å². The highest BCUT2D eigenvalue weighted by atomic mass is 32.2. The molecule has 0 aromatic heterocycles. The SMILES string of the molecule is Cc1ccc(C(=O)N2CCN(c3ccccc3S(N)(=O)=O)CC2)c(C)c1NC1CCN(c2ccccc2C#N)CC1. The van der Waals surface area contributed by atoms with Crippen LogP contribution in [0.3, 0.4) is 0 Å². The number of hydrogen-bond acceptors (Lipinski definition) is 7. The minimum Gasteiger partial charge on any atom is -0.382 e. The van der Waals surface area contributed by atoms with Crippen molar-refractivity contribution in [3.05, 3.63) is 82.9 Å². The Balaban J connectivity index is 1.24. The summed E-state index contributed by atoms with van der Waals surface area (Å²) in [5, 5.41) is 18.6. The summed E-state index contributed by atoms with van der Waals surface area (Å²) in [6.07, 6.45) is 1.86. The van der Waals surface area contributed by atoms with Crippen molar-refractivity contribution in [3.63, 3.8) is 0 Å². The van der Waals surface area contributed by atoms with Crippen LogP contribution in [0.4, 0.5) is 17.1 Å². The predicted octanol–water partition coefficient (Wildman–Crippen LogP) is 3.87. The zero-order chi connectivity index (χ0) is 29.1. The van der Waals surface area contributed by atoms with Gasteiger partial charge in [-0.3, -0.25) is 4.79 Å². The van der Waals surface area contributed by atoms with Crippen LogP contribution in [0.25, 0.3) is 0 Å². The van der Waals surface area contributed by atoms with Gasteiger partial charge in [0.1, 0.15) is 11.0 Å². The summed E-state index contributed by atoms with van der Waals surface area (Å²) in [6.45, 7) is 7.76. The highest BCUT2D eigenvalue weighted by Gasteiger charge is 2.28. The molecular formula is C31H36N6O3S. The number of nitriles is 1. The molecule has 2 aliphatic heterocycles. The minimum absolute atomic E-state index is 0.0205. The van der Waals surface area contributed by atoms with Crippen LogP contribution in [-0.4, -0.2) is 64.5 Å². The second-order valence-electron chi connectivity index (χ2n) is 10.8. The van der Waals surface area contributed by atoms with E-state index in [0.717, 1.165) is 48.4 Å². The maximum absolute atomic E-state index is 13.6. The van der Waals surface area contributed by atoms with Crippen LogP contribution in [0.1, 0.15) is 39.9 Å². The third-order valence-corrected chi connectivity index (χ3v) is 9.15. The number of carbonyl (C=O) groups excluding carboxylic acids is 1. The van der Waals surface area contributed by atoms with Gasteiger partial charge in [0.05, 0.1) is 16.9 Å². The number of nitrogens with two attached hydrogens (primary N) is 1. The fourth-order valence-corrected chi connectivity index (χ4v) is 6.65. The van der Waals surface area contributed by atoms with Gasteiger partial charge in [0.15, 0.2) is 0 Å². The first-order valence-electron chi connectivity index (χ1n) is 13.9. The summed E-state index contributed by atoms with van der Waals surface area (Å²) >= 11 is 0. The highest BCUT2D eigenvalue weighted by molar-refractivity contribution is 7.89. The summed E-state index contributed by atoms with van der Waals surface area (Å²) in [6, 6.07) is 20.9. The van der Waals surface area contributed by atoms with E-state index in [1.807, 2.05) is 53.1 Å². The predicted molar refractivity (Wildman–Crippen MR) is 162 cm³/mol. The summed E-state index contributed by atoms with van der Waals surface area (Å²) < 4.78 is 24.1. The maximum Gasteiger partial charge on any atom is 0.254 e. The lowest BCUT2D eigenvalue weighted by Crippen LogP contribution is -2.49. The van der Waals surface area contributed by atoms with E-state index in [1.54, 1.807) is 18.2 Å². The lowest BCUT2D eigenvalue weighted by atomic mass is 9.98. The number of piperazine rings is 1. The molecule has 3 aromatic rings. The van der Waals surface area contributed by atoms with Crippen LogP contribution in [-0.2, 0) is 10.0 Å². The molecule has 2 saturated heterocycles. The number of amides is 1. The van der Waals surface area contributed by atoms with Gasteiger partial charge in [-0.15, -0.1) is 0 Å². The molecule has 0 unspecified atom stereocenters. The molecule has 0 spiro atoms. The van der Waals surface area contributed by atoms with Gasteiger partial charge in [-0.2, -0.15) is 5.26 Å². The zero-order valence-corrected chi connectivity index (χ0v) is 24.3. The van der Waals surface area contributed by atoms with E-state index < -0.39 is 10.0 Å². The van der Waals surface area contributed by atoms with Crippen molar-refractivity contribution >= 4 is 33.0 Å². The third-order valence-electron chi connectivity index (χ3n) is 8.19. The fourth-order valence-electron chi connectivity index (χ4n) is 5.89. The fraction of sp³-hybridized carbons (Fsp3) is 0.355. The number of aryl methyl sites for hydroxylation is 1. The first kappa shape index (κ1) is 28.5. The summed E-state index contributed by atoms with van der Waals surface area (Å²) in [5.74, 6) is -0.0205. The number of para-hydroxylation sites is 2. The van der Waals surface area contributed by atoms with Crippen molar-refractivity contribution in [1.82, 2.24) is 4.90 Å². The molecule has 2 heterocycles. The van der Waals surface area contributed by atoms with Crippen LogP contribution < -0.4 is 20.3 Å². The first-order valence-corrected chi connectivity index (χ1v) is 15.5. The van der Waals surface area contributed by atoms with Crippen molar-refractivity contribution in [2.24, 2.45) is 5.14 Å². The molecule has 3 N–H and O–H groups in total. The third kappa shape index (κ3) is 6.01. The Bertz CT molecular complexity index is 1580. The summed E-state index contributed by atoms with van der Waals surface area (Å²) in [5.41, 5.74) is 5.98. The lowest BCUT2D eigenvalue weighted by molar-refractivity contribution is 0.0746. The normalized spacial score (nSPS) is 16.4. The molecule has 0 saturated carbocycles.